The van der Waals surface area contributed by atoms with E-state index in [9.17, 15) is 9.59 Å². The van der Waals surface area contributed by atoms with Gasteiger partial charge >= 0.3 is 0 Å². The van der Waals surface area contributed by atoms with Crippen LogP contribution >= 0.6 is 11.8 Å². The van der Waals surface area contributed by atoms with Gasteiger partial charge < -0.3 is 9.30 Å². The van der Waals surface area contributed by atoms with E-state index in [4.69, 9.17) is 11.2 Å². The summed E-state index contributed by atoms with van der Waals surface area (Å²) < 4.78 is 7.08. The number of aromatic nitrogens is 1. The van der Waals surface area contributed by atoms with Gasteiger partial charge in [0.15, 0.2) is 0 Å². The van der Waals surface area contributed by atoms with Crippen LogP contribution in [0.25, 0.3) is 11.8 Å². The van der Waals surface area contributed by atoms with Crippen LogP contribution in [-0.2, 0) is 4.79 Å². The van der Waals surface area contributed by atoms with Gasteiger partial charge in [-0.15, -0.1) is 6.42 Å². The minimum Gasteiger partial charge on any atom is -0.497 e. The predicted octanol–water partition coefficient (Wildman–Crippen LogP) is 3.16. The van der Waals surface area contributed by atoms with Crippen LogP contribution < -0.4 is 4.74 Å². The predicted molar refractivity (Wildman–Crippen MR) is 93.8 cm³/mol. The number of nitrogens with zero attached hydrogens (tertiary/aromatic N) is 2. The number of imide groups is 1. The number of thioether (sulfide) groups is 1. The lowest BCUT2D eigenvalue weighted by Crippen LogP contribution is -2.28. The number of amides is 2. The Bertz CT molecular complexity index is 859. The van der Waals surface area contributed by atoms with Gasteiger partial charge in [-0.25, -0.2) is 0 Å². The van der Waals surface area contributed by atoms with E-state index in [1.54, 1.807) is 13.2 Å². The Kier molecular flexibility index (Phi) is 4.45. The molecule has 1 fully saturated rings. The highest BCUT2D eigenvalue weighted by Gasteiger charge is 2.34. The van der Waals surface area contributed by atoms with Crippen molar-refractivity contribution in [2.45, 2.75) is 0 Å². The molecule has 120 valence electrons. The molecule has 0 radical (unpaired) electrons. The van der Waals surface area contributed by atoms with Crippen molar-refractivity contribution in [3.05, 3.63) is 53.2 Å². The van der Waals surface area contributed by atoms with Crippen molar-refractivity contribution in [1.29, 1.82) is 0 Å². The van der Waals surface area contributed by atoms with Crippen LogP contribution in [0, 0.1) is 12.3 Å². The van der Waals surface area contributed by atoms with E-state index in [1.165, 1.54) is 0 Å². The largest absolute Gasteiger partial charge is 0.497 e. The Balaban J connectivity index is 1.92. The fraction of sp³-hybridized carbons (Fsp3) is 0.111. The van der Waals surface area contributed by atoms with E-state index in [-0.39, 0.29) is 17.7 Å². The zero-order valence-corrected chi connectivity index (χ0v) is 13.7. The monoisotopic (exact) mass is 338 g/mol. The Morgan fingerprint density at radius 3 is 2.67 bits per heavy atom. The molecule has 6 heteroatoms. The zero-order chi connectivity index (χ0) is 17.1. The Hall–Kier alpha value is -2.91. The topological polar surface area (TPSA) is 51.5 Å². The van der Waals surface area contributed by atoms with E-state index in [1.807, 2.05) is 47.2 Å². The van der Waals surface area contributed by atoms with Gasteiger partial charge in [-0.1, -0.05) is 5.92 Å². The SMILES string of the molecule is C#CCN1C(=O)S/C(=C\c2cccn2-c2ccc(OC)cc2)C1=O. The molecule has 0 spiro atoms. The molecule has 2 aromatic rings. The van der Waals surface area contributed by atoms with E-state index >= 15 is 0 Å². The molecule has 1 aliphatic heterocycles. The van der Waals surface area contributed by atoms with Crippen LogP contribution in [0.3, 0.4) is 0 Å². The third-order valence-electron chi connectivity index (χ3n) is 3.53. The van der Waals surface area contributed by atoms with Gasteiger partial charge in [0.05, 0.1) is 18.6 Å². The van der Waals surface area contributed by atoms with Crippen LogP contribution in [0.1, 0.15) is 5.69 Å². The van der Waals surface area contributed by atoms with Crippen LogP contribution in [0.5, 0.6) is 5.75 Å². The molecule has 2 heterocycles. The van der Waals surface area contributed by atoms with Gasteiger partial charge in [0.2, 0.25) is 0 Å². The smallest absolute Gasteiger partial charge is 0.294 e. The molecule has 0 N–H and O–H groups in total. The maximum absolute atomic E-state index is 12.3. The minimum atomic E-state index is -0.356. The van der Waals surface area contributed by atoms with Crippen molar-refractivity contribution in [3.63, 3.8) is 0 Å². The fourth-order valence-corrected chi connectivity index (χ4v) is 3.17. The highest BCUT2D eigenvalue weighted by Crippen LogP contribution is 2.32. The second-order valence-electron chi connectivity index (χ2n) is 4.97. The van der Waals surface area contributed by atoms with Gasteiger partial charge in [0, 0.05) is 17.6 Å². The van der Waals surface area contributed by atoms with Crippen molar-refractivity contribution in [2.24, 2.45) is 0 Å². The van der Waals surface area contributed by atoms with E-state index in [2.05, 4.69) is 5.92 Å². The first-order chi connectivity index (χ1) is 11.6. The number of terminal acetylenes is 1. The number of carbonyl (C=O) groups is 2. The Labute approximate surface area is 143 Å². The number of methoxy groups -OCH3 is 1. The van der Waals surface area contributed by atoms with Crippen molar-refractivity contribution in [3.8, 4) is 23.8 Å². The van der Waals surface area contributed by atoms with Crippen molar-refractivity contribution < 1.29 is 14.3 Å². The fourth-order valence-electron chi connectivity index (χ4n) is 2.35. The molecule has 3 rings (SSSR count). The lowest BCUT2D eigenvalue weighted by atomic mass is 10.3. The summed E-state index contributed by atoms with van der Waals surface area (Å²) in [7, 11) is 1.61. The maximum atomic E-state index is 12.3. The average Bonchev–Trinajstić information content (AvgIpc) is 3.16. The first-order valence-electron chi connectivity index (χ1n) is 7.14. The quantitative estimate of drug-likeness (QED) is 0.635. The highest BCUT2D eigenvalue weighted by atomic mass is 32.2. The number of rotatable bonds is 4. The van der Waals surface area contributed by atoms with Crippen molar-refractivity contribution in [1.82, 2.24) is 9.47 Å². The molecule has 0 atom stereocenters. The third-order valence-corrected chi connectivity index (χ3v) is 4.44. The van der Waals surface area contributed by atoms with Gasteiger partial charge in [-0.3, -0.25) is 14.5 Å². The number of ether oxygens (including phenoxy) is 1. The first-order valence-corrected chi connectivity index (χ1v) is 7.96. The average molecular weight is 338 g/mol. The standard InChI is InChI=1S/C18H14N2O3S/c1-3-10-20-17(21)16(24-18(20)22)12-14-5-4-11-19(14)13-6-8-15(23-2)9-7-13/h1,4-9,11-12H,10H2,2H3/b16-12-. The van der Waals surface area contributed by atoms with E-state index in [0.717, 1.165) is 33.8 Å². The summed E-state index contributed by atoms with van der Waals surface area (Å²) in [4.78, 5) is 25.5. The summed E-state index contributed by atoms with van der Waals surface area (Å²) in [6.07, 6.45) is 8.79. The van der Waals surface area contributed by atoms with E-state index in [0.29, 0.717) is 4.91 Å². The molecule has 1 aromatic carbocycles. The first kappa shape index (κ1) is 16.0. The molecule has 1 aromatic heterocycles. The third kappa shape index (κ3) is 2.94. The van der Waals surface area contributed by atoms with E-state index < -0.39 is 0 Å². The summed E-state index contributed by atoms with van der Waals surface area (Å²) in [6, 6.07) is 11.3. The lowest BCUT2D eigenvalue weighted by molar-refractivity contribution is -0.122. The molecular weight excluding hydrogens is 324 g/mol. The summed E-state index contributed by atoms with van der Waals surface area (Å²) in [5.74, 6) is 2.74. The lowest BCUT2D eigenvalue weighted by Gasteiger charge is -2.08. The van der Waals surface area contributed by atoms with Gasteiger partial charge in [0.25, 0.3) is 11.1 Å². The van der Waals surface area contributed by atoms with Gasteiger partial charge in [-0.2, -0.15) is 0 Å². The number of benzene rings is 1. The summed E-state index contributed by atoms with van der Waals surface area (Å²) in [5.41, 5.74) is 1.72. The molecule has 5 nitrogen and oxygen atoms in total. The number of hydrogen-bond donors (Lipinski definition) is 0. The second kappa shape index (κ2) is 6.69. The zero-order valence-electron chi connectivity index (χ0n) is 12.9. The van der Waals surface area contributed by atoms with Crippen LogP contribution in [0.4, 0.5) is 4.79 Å². The summed E-state index contributed by atoms with van der Waals surface area (Å²) in [6.45, 7) is -0.0124. The molecule has 0 unspecified atom stereocenters. The summed E-state index contributed by atoms with van der Waals surface area (Å²) >= 11 is 0.900. The molecule has 0 saturated carbocycles. The molecule has 0 bridgehead atoms. The Morgan fingerprint density at radius 1 is 1.25 bits per heavy atom. The molecule has 1 saturated heterocycles. The van der Waals surface area contributed by atoms with Gasteiger partial charge in [0.1, 0.15) is 5.75 Å². The second-order valence-corrected chi connectivity index (χ2v) is 5.97. The molecular formula is C18H14N2O3S. The number of hydrogen-bond acceptors (Lipinski definition) is 4. The highest BCUT2D eigenvalue weighted by molar-refractivity contribution is 8.18. The van der Waals surface area contributed by atoms with Crippen LogP contribution in [0.2, 0.25) is 0 Å². The van der Waals surface area contributed by atoms with Crippen molar-refractivity contribution in [2.75, 3.05) is 13.7 Å². The summed E-state index contributed by atoms with van der Waals surface area (Å²) in [5, 5.41) is -0.341. The Morgan fingerprint density at radius 2 is 2.00 bits per heavy atom. The van der Waals surface area contributed by atoms with Crippen LogP contribution in [-0.4, -0.2) is 34.3 Å². The maximum Gasteiger partial charge on any atom is 0.294 e. The molecule has 2 amide bonds. The molecule has 24 heavy (non-hydrogen) atoms. The van der Waals surface area contributed by atoms with Gasteiger partial charge in [-0.05, 0) is 54.2 Å². The normalized spacial score (nSPS) is 15.8. The minimum absolute atomic E-state index is 0.0124. The van der Waals surface area contributed by atoms with Crippen LogP contribution in [0.15, 0.2) is 47.5 Å². The molecule has 1 aliphatic rings. The van der Waals surface area contributed by atoms with Crippen molar-refractivity contribution >= 4 is 29.0 Å². The molecule has 0 aliphatic carbocycles. The number of carbonyl (C=O) groups excluding carboxylic acids is 2.